The van der Waals surface area contributed by atoms with E-state index in [1.807, 2.05) is 30.3 Å². The van der Waals surface area contributed by atoms with Gasteiger partial charge in [0.15, 0.2) is 0 Å². The minimum absolute atomic E-state index is 0.0778. The van der Waals surface area contributed by atoms with E-state index in [0.29, 0.717) is 30.0 Å². The minimum atomic E-state index is -0.0778. The summed E-state index contributed by atoms with van der Waals surface area (Å²) in [5.74, 6) is 0.579. The van der Waals surface area contributed by atoms with Crippen LogP contribution in [-0.2, 0) is 0 Å². The van der Waals surface area contributed by atoms with Crippen LogP contribution in [0.2, 0.25) is 0 Å². The number of amides is 1. The molecule has 1 heterocycles. The molecule has 0 radical (unpaired) electrons. The lowest BCUT2D eigenvalue weighted by Gasteiger charge is -2.30. The summed E-state index contributed by atoms with van der Waals surface area (Å²) in [4.78, 5) is 19.0. The fraction of sp³-hybridized carbons (Fsp3) is 0.400. The predicted molar refractivity (Wildman–Crippen MR) is 103 cm³/mol. The number of hydrogen-bond donors (Lipinski definition) is 2. The first-order chi connectivity index (χ1) is 12.0. The molecule has 2 rings (SSSR count). The molecule has 1 aromatic carbocycles. The maximum atomic E-state index is 12.4. The van der Waals surface area contributed by atoms with Gasteiger partial charge in [0.1, 0.15) is 5.82 Å². The number of nitrogens with one attached hydrogen (secondary N) is 2. The van der Waals surface area contributed by atoms with Crippen molar-refractivity contribution in [3.63, 3.8) is 0 Å². The molecule has 0 saturated heterocycles. The van der Waals surface area contributed by atoms with Crippen LogP contribution in [0.4, 0.5) is 11.5 Å². The lowest BCUT2D eigenvalue weighted by Crippen LogP contribution is -2.42. The number of benzene rings is 1. The number of aromatic nitrogens is 1. The maximum Gasteiger partial charge on any atom is 0.251 e. The van der Waals surface area contributed by atoms with Gasteiger partial charge in [-0.2, -0.15) is 0 Å². The quantitative estimate of drug-likeness (QED) is 0.770. The molecule has 5 heteroatoms. The van der Waals surface area contributed by atoms with Crippen molar-refractivity contribution in [1.29, 1.82) is 0 Å². The van der Waals surface area contributed by atoms with Crippen molar-refractivity contribution in [2.75, 3.05) is 18.4 Å². The number of rotatable bonds is 8. The predicted octanol–water partition coefficient (Wildman–Crippen LogP) is 3.67. The number of pyridine rings is 1. The topological polar surface area (TPSA) is 57.3 Å². The molecule has 0 aliphatic rings. The van der Waals surface area contributed by atoms with E-state index in [1.165, 1.54) is 0 Å². The van der Waals surface area contributed by atoms with Gasteiger partial charge in [-0.3, -0.25) is 9.69 Å². The van der Waals surface area contributed by atoms with Crippen LogP contribution in [-0.4, -0.2) is 41.0 Å². The molecule has 0 fully saturated rings. The lowest BCUT2D eigenvalue weighted by molar-refractivity contribution is 0.0939. The second-order valence-corrected chi connectivity index (χ2v) is 6.60. The van der Waals surface area contributed by atoms with Crippen molar-refractivity contribution in [3.05, 3.63) is 54.2 Å². The molecule has 1 amide bonds. The standard InChI is InChI=1S/C20H28N4O/c1-15(2)24(16(3)4)13-12-22-20(25)17-10-11-21-19(14-17)23-18-8-6-5-7-9-18/h5-11,14-16H,12-13H2,1-4H3,(H,21,23)(H,22,25). The van der Waals surface area contributed by atoms with Crippen molar-refractivity contribution in [1.82, 2.24) is 15.2 Å². The van der Waals surface area contributed by atoms with Crippen molar-refractivity contribution in [2.45, 2.75) is 39.8 Å². The Morgan fingerprint density at radius 2 is 1.76 bits per heavy atom. The van der Waals surface area contributed by atoms with Crippen LogP contribution in [0.25, 0.3) is 0 Å². The van der Waals surface area contributed by atoms with E-state index in [1.54, 1.807) is 18.3 Å². The molecular formula is C20H28N4O. The van der Waals surface area contributed by atoms with Crippen LogP contribution >= 0.6 is 0 Å². The van der Waals surface area contributed by atoms with Gasteiger partial charge < -0.3 is 10.6 Å². The van der Waals surface area contributed by atoms with E-state index < -0.39 is 0 Å². The molecule has 2 N–H and O–H groups in total. The first-order valence-electron chi connectivity index (χ1n) is 8.79. The van der Waals surface area contributed by atoms with E-state index in [9.17, 15) is 4.79 Å². The number of anilines is 2. The molecule has 0 aliphatic carbocycles. The van der Waals surface area contributed by atoms with Gasteiger partial charge in [0.2, 0.25) is 0 Å². The third-order valence-corrected chi connectivity index (χ3v) is 4.05. The average Bonchev–Trinajstić information content (AvgIpc) is 2.59. The van der Waals surface area contributed by atoms with E-state index in [4.69, 9.17) is 0 Å². The van der Waals surface area contributed by atoms with E-state index in [0.717, 1.165) is 12.2 Å². The monoisotopic (exact) mass is 340 g/mol. The first-order valence-corrected chi connectivity index (χ1v) is 8.79. The van der Waals surface area contributed by atoms with Gasteiger partial charge in [-0.25, -0.2) is 4.98 Å². The Hall–Kier alpha value is -2.40. The molecule has 0 aliphatic heterocycles. The third kappa shape index (κ3) is 5.87. The van der Waals surface area contributed by atoms with E-state index in [2.05, 4.69) is 48.2 Å². The van der Waals surface area contributed by atoms with Crippen LogP contribution in [0.1, 0.15) is 38.1 Å². The minimum Gasteiger partial charge on any atom is -0.351 e. The Labute approximate surface area is 150 Å². The van der Waals surface area contributed by atoms with E-state index >= 15 is 0 Å². The van der Waals surface area contributed by atoms with Crippen molar-refractivity contribution in [2.24, 2.45) is 0 Å². The number of carbonyl (C=O) groups is 1. The summed E-state index contributed by atoms with van der Waals surface area (Å²) in [5.41, 5.74) is 1.55. The van der Waals surface area contributed by atoms with Gasteiger partial charge in [-0.05, 0) is 52.0 Å². The highest BCUT2D eigenvalue weighted by molar-refractivity contribution is 5.94. The maximum absolute atomic E-state index is 12.4. The molecule has 0 saturated carbocycles. The number of nitrogens with zero attached hydrogens (tertiary/aromatic N) is 2. The number of carbonyl (C=O) groups excluding carboxylic acids is 1. The summed E-state index contributed by atoms with van der Waals surface area (Å²) < 4.78 is 0. The average molecular weight is 340 g/mol. The summed E-state index contributed by atoms with van der Waals surface area (Å²) in [7, 11) is 0. The van der Waals surface area contributed by atoms with Gasteiger partial charge >= 0.3 is 0 Å². The number of hydrogen-bond acceptors (Lipinski definition) is 4. The highest BCUT2D eigenvalue weighted by Crippen LogP contribution is 2.14. The fourth-order valence-electron chi connectivity index (χ4n) is 2.82. The highest BCUT2D eigenvalue weighted by Gasteiger charge is 2.13. The molecule has 134 valence electrons. The summed E-state index contributed by atoms with van der Waals surface area (Å²) in [6.45, 7) is 10.1. The zero-order valence-corrected chi connectivity index (χ0v) is 15.5. The summed E-state index contributed by atoms with van der Waals surface area (Å²) in [5, 5.41) is 6.20. The zero-order chi connectivity index (χ0) is 18.2. The van der Waals surface area contributed by atoms with Gasteiger partial charge in [0, 0.05) is 42.6 Å². The Morgan fingerprint density at radius 1 is 1.08 bits per heavy atom. The van der Waals surface area contributed by atoms with Crippen molar-refractivity contribution in [3.8, 4) is 0 Å². The normalized spacial score (nSPS) is 11.2. The third-order valence-electron chi connectivity index (χ3n) is 4.05. The summed E-state index contributed by atoms with van der Waals surface area (Å²) in [6, 6.07) is 14.2. The second kappa shape index (κ2) is 9.18. The first kappa shape index (κ1) is 18.9. The number of para-hydroxylation sites is 1. The van der Waals surface area contributed by atoms with Gasteiger partial charge in [0.05, 0.1) is 0 Å². The van der Waals surface area contributed by atoms with Crippen LogP contribution in [0, 0.1) is 0 Å². The molecule has 0 bridgehead atoms. The second-order valence-electron chi connectivity index (χ2n) is 6.60. The zero-order valence-electron chi connectivity index (χ0n) is 15.5. The highest BCUT2D eigenvalue weighted by atomic mass is 16.1. The molecule has 25 heavy (non-hydrogen) atoms. The Bertz CT molecular complexity index is 662. The molecule has 0 atom stereocenters. The van der Waals surface area contributed by atoms with E-state index in [-0.39, 0.29) is 5.91 Å². The van der Waals surface area contributed by atoms with Crippen LogP contribution in [0.3, 0.4) is 0 Å². The smallest absolute Gasteiger partial charge is 0.251 e. The largest absolute Gasteiger partial charge is 0.351 e. The Morgan fingerprint density at radius 3 is 2.40 bits per heavy atom. The van der Waals surface area contributed by atoms with Gasteiger partial charge in [-0.1, -0.05) is 18.2 Å². The fourth-order valence-corrected chi connectivity index (χ4v) is 2.82. The Kier molecular flexibility index (Phi) is 6.95. The summed E-state index contributed by atoms with van der Waals surface area (Å²) in [6.07, 6.45) is 1.65. The molecular weight excluding hydrogens is 312 g/mol. The van der Waals surface area contributed by atoms with Crippen molar-refractivity contribution >= 4 is 17.4 Å². The molecule has 5 nitrogen and oxygen atoms in total. The van der Waals surface area contributed by atoms with Gasteiger partial charge in [-0.15, -0.1) is 0 Å². The molecule has 1 aromatic heterocycles. The van der Waals surface area contributed by atoms with Gasteiger partial charge in [0.25, 0.3) is 5.91 Å². The molecule has 2 aromatic rings. The molecule has 0 unspecified atom stereocenters. The van der Waals surface area contributed by atoms with Crippen molar-refractivity contribution < 1.29 is 4.79 Å². The Balaban J connectivity index is 1.92. The summed E-state index contributed by atoms with van der Waals surface area (Å²) >= 11 is 0. The van der Waals surface area contributed by atoms with Crippen LogP contribution < -0.4 is 10.6 Å². The SMILES string of the molecule is CC(C)N(CCNC(=O)c1ccnc(Nc2ccccc2)c1)C(C)C. The van der Waals surface area contributed by atoms with Crippen LogP contribution in [0.5, 0.6) is 0 Å². The lowest BCUT2D eigenvalue weighted by atomic mass is 10.2. The van der Waals surface area contributed by atoms with Crippen LogP contribution in [0.15, 0.2) is 48.7 Å². The molecule has 0 spiro atoms.